The fourth-order valence-electron chi connectivity index (χ4n) is 1.74. The van der Waals surface area contributed by atoms with Gasteiger partial charge in [-0.25, -0.2) is 4.39 Å². The first-order valence-electron chi connectivity index (χ1n) is 5.48. The Labute approximate surface area is 99.7 Å². The molecule has 90 valence electrons. The van der Waals surface area contributed by atoms with Gasteiger partial charge in [-0.3, -0.25) is 0 Å². The van der Waals surface area contributed by atoms with Crippen LogP contribution in [0.2, 0.25) is 0 Å². The van der Waals surface area contributed by atoms with E-state index in [1.807, 2.05) is 20.8 Å². The van der Waals surface area contributed by atoms with E-state index in [-0.39, 0.29) is 11.2 Å². The Bertz CT molecular complexity index is 541. The van der Waals surface area contributed by atoms with E-state index in [4.69, 9.17) is 4.52 Å². The Hall–Kier alpha value is -1.71. The molecule has 0 radical (unpaired) electrons. The molecule has 0 unspecified atom stereocenters. The summed E-state index contributed by atoms with van der Waals surface area (Å²) in [5, 5.41) is 3.88. The second-order valence-corrected chi connectivity index (χ2v) is 5.08. The van der Waals surface area contributed by atoms with E-state index in [1.54, 1.807) is 13.0 Å². The number of aryl methyl sites for hydroxylation is 1. The predicted octanol–water partition coefficient (Wildman–Crippen LogP) is 3.48. The van der Waals surface area contributed by atoms with E-state index in [0.29, 0.717) is 11.7 Å². The van der Waals surface area contributed by atoms with Crippen LogP contribution in [0.1, 0.15) is 32.2 Å². The summed E-state index contributed by atoms with van der Waals surface area (Å²) in [7, 11) is 0. The van der Waals surface area contributed by atoms with Gasteiger partial charge in [-0.1, -0.05) is 25.9 Å². The van der Waals surface area contributed by atoms with Crippen LogP contribution < -0.4 is 0 Å². The second-order valence-electron chi connectivity index (χ2n) is 5.08. The maximum atomic E-state index is 13.3. The monoisotopic (exact) mass is 234 g/mol. The minimum Gasteiger partial charge on any atom is -0.339 e. The number of rotatable bonds is 1. The van der Waals surface area contributed by atoms with Crippen LogP contribution in [-0.2, 0) is 5.41 Å². The Balaban J connectivity index is 2.61. The van der Waals surface area contributed by atoms with Crippen LogP contribution in [0.15, 0.2) is 22.7 Å². The fraction of sp³-hybridized carbons (Fsp3) is 0.385. The van der Waals surface area contributed by atoms with Crippen molar-refractivity contribution in [1.82, 2.24) is 10.1 Å². The first-order valence-corrected chi connectivity index (χ1v) is 5.48. The largest absolute Gasteiger partial charge is 0.339 e. The quantitative estimate of drug-likeness (QED) is 0.758. The van der Waals surface area contributed by atoms with Gasteiger partial charge >= 0.3 is 0 Å². The first kappa shape index (κ1) is 11.8. The topological polar surface area (TPSA) is 38.9 Å². The minimum atomic E-state index is -0.251. The summed E-state index contributed by atoms with van der Waals surface area (Å²) in [6.07, 6.45) is 0. The number of hydrogen-bond acceptors (Lipinski definition) is 3. The molecular formula is C13H15FN2O. The van der Waals surface area contributed by atoms with Crippen molar-refractivity contribution in [2.45, 2.75) is 33.1 Å². The molecule has 0 N–H and O–H groups in total. The van der Waals surface area contributed by atoms with Gasteiger partial charge in [0.1, 0.15) is 5.82 Å². The third-order valence-electron chi connectivity index (χ3n) is 2.56. The molecular weight excluding hydrogens is 219 g/mol. The van der Waals surface area contributed by atoms with Crippen molar-refractivity contribution in [3.05, 3.63) is 35.5 Å². The van der Waals surface area contributed by atoms with Gasteiger partial charge < -0.3 is 4.52 Å². The van der Waals surface area contributed by atoms with Crippen molar-refractivity contribution >= 4 is 0 Å². The van der Waals surface area contributed by atoms with Crippen LogP contribution in [0.4, 0.5) is 4.39 Å². The van der Waals surface area contributed by atoms with Crippen molar-refractivity contribution in [2.24, 2.45) is 0 Å². The van der Waals surface area contributed by atoms with Crippen molar-refractivity contribution in [3.63, 3.8) is 0 Å². The summed E-state index contributed by atoms with van der Waals surface area (Å²) >= 11 is 0. The summed E-state index contributed by atoms with van der Waals surface area (Å²) < 4.78 is 18.3. The first-order chi connectivity index (χ1) is 7.88. The molecule has 1 aromatic carbocycles. The minimum absolute atomic E-state index is 0.175. The SMILES string of the molecule is Cc1nc(-c2ccc(F)cc2C(C)(C)C)no1. The number of halogens is 1. The lowest BCUT2D eigenvalue weighted by atomic mass is 9.83. The zero-order chi connectivity index (χ0) is 12.6. The molecule has 0 aliphatic heterocycles. The molecule has 0 amide bonds. The molecule has 1 heterocycles. The van der Waals surface area contributed by atoms with E-state index in [0.717, 1.165) is 11.1 Å². The molecule has 0 saturated carbocycles. The summed E-state index contributed by atoms with van der Waals surface area (Å²) in [6, 6.07) is 4.64. The Morgan fingerprint density at radius 2 is 1.94 bits per heavy atom. The lowest BCUT2D eigenvalue weighted by Gasteiger charge is -2.21. The van der Waals surface area contributed by atoms with Gasteiger partial charge in [-0.2, -0.15) is 4.98 Å². The van der Waals surface area contributed by atoms with Crippen molar-refractivity contribution in [3.8, 4) is 11.4 Å². The van der Waals surface area contributed by atoms with Gasteiger partial charge in [0.15, 0.2) is 0 Å². The molecule has 2 aromatic rings. The van der Waals surface area contributed by atoms with E-state index < -0.39 is 0 Å². The molecule has 0 fully saturated rings. The second kappa shape index (κ2) is 3.95. The van der Waals surface area contributed by atoms with Gasteiger partial charge in [0, 0.05) is 12.5 Å². The van der Waals surface area contributed by atoms with Crippen LogP contribution in [-0.4, -0.2) is 10.1 Å². The lowest BCUT2D eigenvalue weighted by Crippen LogP contribution is -2.13. The fourth-order valence-corrected chi connectivity index (χ4v) is 1.74. The van der Waals surface area contributed by atoms with Crippen LogP contribution in [0, 0.1) is 12.7 Å². The smallest absolute Gasteiger partial charge is 0.223 e. The Morgan fingerprint density at radius 3 is 2.47 bits per heavy atom. The van der Waals surface area contributed by atoms with Crippen LogP contribution >= 0.6 is 0 Å². The highest BCUT2D eigenvalue weighted by Crippen LogP contribution is 2.32. The molecule has 0 aliphatic carbocycles. The van der Waals surface area contributed by atoms with Gasteiger partial charge in [0.05, 0.1) is 0 Å². The zero-order valence-electron chi connectivity index (χ0n) is 10.4. The highest BCUT2D eigenvalue weighted by Gasteiger charge is 2.21. The molecule has 4 heteroatoms. The van der Waals surface area contributed by atoms with Crippen molar-refractivity contribution < 1.29 is 8.91 Å². The van der Waals surface area contributed by atoms with E-state index in [1.165, 1.54) is 12.1 Å². The van der Waals surface area contributed by atoms with Gasteiger partial charge in [0.25, 0.3) is 0 Å². The Kier molecular flexibility index (Phi) is 2.73. The molecule has 17 heavy (non-hydrogen) atoms. The molecule has 0 bridgehead atoms. The summed E-state index contributed by atoms with van der Waals surface area (Å²) in [6.45, 7) is 7.81. The normalized spacial score (nSPS) is 11.8. The van der Waals surface area contributed by atoms with Gasteiger partial charge in [0.2, 0.25) is 11.7 Å². The lowest BCUT2D eigenvalue weighted by molar-refractivity contribution is 0.394. The van der Waals surface area contributed by atoms with E-state index in [9.17, 15) is 4.39 Å². The highest BCUT2D eigenvalue weighted by atomic mass is 19.1. The summed E-state index contributed by atoms with van der Waals surface area (Å²) in [5.74, 6) is 0.760. The number of hydrogen-bond donors (Lipinski definition) is 0. The third kappa shape index (κ3) is 2.35. The number of aromatic nitrogens is 2. The molecule has 0 atom stereocenters. The van der Waals surface area contributed by atoms with Gasteiger partial charge in [-0.15, -0.1) is 0 Å². The summed E-state index contributed by atoms with van der Waals surface area (Å²) in [4.78, 5) is 4.18. The maximum absolute atomic E-state index is 13.3. The molecule has 2 rings (SSSR count). The molecule has 1 aromatic heterocycles. The third-order valence-corrected chi connectivity index (χ3v) is 2.56. The number of benzene rings is 1. The predicted molar refractivity (Wildman–Crippen MR) is 63.1 cm³/mol. The maximum Gasteiger partial charge on any atom is 0.223 e. The van der Waals surface area contributed by atoms with E-state index in [2.05, 4.69) is 10.1 Å². The van der Waals surface area contributed by atoms with Crippen LogP contribution in [0.5, 0.6) is 0 Å². The molecule has 0 aliphatic rings. The van der Waals surface area contributed by atoms with Crippen molar-refractivity contribution in [1.29, 1.82) is 0 Å². The average molecular weight is 234 g/mol. The standard InChI is InChI=1S/C13H15FN2O/c1-8-15-12(16-17-8)10-6-5-9(14)7-11(10)13(2,3)4/h5-7H,1-4H3. The van der Waals surface area contributed by atoms with Gasteiger partial charge in [-0.05, 0) is 29.2 Å². The highest BCUT2D eigenvalue weighted by molar-refractivity contribution is 5.61. The average Bonchev–Trinajstić information content (AvgIpc) is 2.63. The molecule has 3 nitrogen and oxygen atoms in total. The van der Waals surface area contributed by atoms with E-state index >= 15 is 0 Å². The van der Waals surface area contributed by atoms with Crippen LogP contribution in [0.3, 0.4) is 0 Å². The van der Waals surface area contributed by atoms with Crippen LogP contribution in [0.25, 0.3) is 11.4 Å². The Morgan fingerprint density at radius 1 is 1.24 bits per heavy atom. The number of nitrogens with zero attached hydrogens (tertiary/aromatic N) is 2. The zero-order valence-corrected chi connectivity index (χ0v) is 10.4. The summed E-state index contributed by atoms with van der Waals surface area (Å²) in [5.41, 5.74) is 1.51. The van der Waals surface area contributed by atoms with Crippen molar-refractivity contribution in [2.75, 3.05) is 0 Å². The molecule has 0 saturated heterocycles. The molecule has 0 spiro atoms.